The largest absolute Gasteiger partial charge is 0.431 e. The van der Waals surface area contributed by atoms with Gasteiger partial charge in [-0.2, -0.15) is 4.31 Å². The molecule has 0 saturated carbocycles. The van der Waals surface area contributed by atoms with Gasteiger partial charge in [-0.05, 0) is 62.2 Å². The van der Waals surface area contributed by atoms with Gasteiger partial charge in [-0.3, -0.25) is 4.79 Å². The molecule has 2 heterocycles. The summed E-state index contributed by atoms with van der Waals surface area (Å²) >= 11 is 1.25. The number of benzene rings is 2. The fourth-order valence-corrected chi connectivity index (χ4v) is 6.61. The lowest BCUT2D eigenvalue weighted by molar-refractivity contribution is -0.130. The van der Waals surface area contributed by atoms with Gasteiger partial charge in [0.15, 0.2) is 5.58 Å². The molecular weight excluding hydrogens is 458 g/mol. The summed E-state index contributed by atoms with van der Waals surface area (Å²) in [4.78, 5) is 19.8. The first-order valence-corrected chi connectivity index (χ1v) is 13.7. The fraction of sp³-hybridized carbons (Fsp3) is 0.417. The highest BCUT2D eigenvalue weighted by molar-refractivity contribution is 8.00. The number of amides is 1. The molecule has 1 saturated heterocycles. The van der Waals surface area contributed by atoms with E-state index < -0.39 is 15.3 Å². The van der Waals surface area contributed by atoms with Gasteiger partial charge < -0.3 is 9.32 Å². The monoisotopic (exact) mass is 487 g/mol. The molecule has 1 amide bonds. The molecule has 1 aliphatic rings. The van der Waals surface area contributed by atoms with Crippen molar-refractivity contribution in [3.63, 3.8) is 0 Å². The Kier molecular flexibility index (Phi) is 7.41. The van der Waals surface area contributed by atoms with E-state index in [1.807, 2.05) is 44.2 Å². The Bertz CT molecular complexity index is 1200. The maximum absolute atomic E-state index is 13.2. The van der Waals surface area contributed by atoms with E-state index >= 15 is 0 Å². The Labute approximate surface area is 199 Å². The second kappa shape index (κ2) is 10.3. The first-order chi connectivity index (χ1) is 15.9. The van der Waals surface area contributed by atoms with Crippen molar-refractivity contribution in [2.45, 2.75) is 48.5 Å². The van der Waals surface area contributed by atoms with E-state index in [0.717, 1.165) is 24.8 Å². The van der Waals surface area contributed by atoms with Gasteiger partial charge in [-0.15, -0.1) is 0 Å². The molecule has 2 aromatic carbocycles. The molecule has 0 radical (unpaired) electrons. The van der Waals surface area contributed by atoms with E-state index in [4.69, 9.17) is 4.42 Å². The summed E-state index contributed by atoms with van der Waals surface area (Å²) in [6.07, 6.45) is 2.82. The van der Waals surface area contributed by atoms with Crippen molar-refractivity contribution in [1.82, 2.24) is 14.2 Å². The zero-order chi connectivity index (χ0) is 23.4. The van der Waals surface area contributed by atoms with E-state index in [-0.39, 0.29) is 10.8 Å². The van der Waals surface area contributed by atoms with Crippen molar-refractivity contribution < 1.29 is 17.6 Å². The smallest absolute Gasteiger partial charge is 0.257 e. The number of fused-ring (bicyclic) bond motifs is 1. The Morgan fingerprint density at radius 1 is 1.09 bits per heavy atom. The summed E-state index contributed by atoms with van der Waals surface area (Å²) in [7, 11) is -3.56. The number of oxazole rings is 1. The minimum Gasteiger partial charge on any atom is -0.431 e. The van der Waals surface area contributed by atoms with Crippen molar-refractivity contribution in [2.75, 3.05) is 26.2 Å². The van der Waals surface area contributed by atoms with Crippen LogP contribution in [0.4, 0.5) is 0 Å². The van der Waals surface area contributed by atoms with Crippen LogP contribution in [0, 0.1) is 0 Å². The van der Waals surface area contributed by atoms with Crippen molar-refractivity contribution in [1.29, 1.82) is 0 Å². The first-order valence-electron chi connectivity index (χ1n) is 11.3. The molecule has 4 rings (SSSR count). The molecule has 1 fully saturated rings. The molecule has 1 aromatic heterocycles. The molecular formula is C24H29N3O4S2. The van der Waals surface area contributed by atoms with Gasteiger partial charge in [-0.25, -0.2) is 13.4 Å². The molecule has 0 bridgehead atoms. The SMILES string of the molecule is CCN(CC)C(=O)[C@@H](Sc1nc2cc(S(=O)(=O)N3CCCCC3)ccc2o1)c1ccccc1. The third-order valence-corrected chi connectivity index (χ3v) is 8.89. The van der Waals surface area contributed by atoms with Crippen LogP contribution in [0.2, 0.25) is 0 Å². The molecule has 0 aliphatic carbocycles. The quantitative estimate of drug-likeness (QED) is 0.428. The molecule has 1 atom stereocenters. The fourth-order valence-electron chi connectivity index (χ4n) is 4.04. The lowest BCUT2D eigenvalue weighted by Gasteiger charge is -2.25. The van der Waals surface area contributed by atoms with E-state index in [1.165, 1.54) is 11.8 Å². The molecule has 1 aliphatic heterocycles. The standard InChI is InChI=1S/C24H29N3O4S2/c1-3-26(4-2)23(28)22(18-11-7-5-8-12-18)32-24-25-20-17-19(13-14-21(20)31-24)33(29,30)27-15-9-6-10-16-27/h5,7-8,11-14,17,22H,3-4,6,9-10,15-16H2,1-2H3/t22-/m0/s1. The van der Waals surface area contributed by atoms with Crippen LogP contribution in [0.25, 0.3) is 11.1 Å². The maximum Gasteiger partial charge on any atom is 0.257 e. The van der Waals surface area contributed by atoms with E-state index in [1.54, 1.807) is 27.4 Å². The van der Waals surface area contributed by atoms with Crippen LogP contribution in [0.1, 0.15) is 43.9 Å². The Hall–Kier alpha value is -2.36. The number of hydrogen-bond acceptors (Lipinski definition) is 6. The molecule has 176 valence electrons. The second-order valence-electron chi connectivity index (χ2n) is 7.99. The number of piperidine rings is 1. The van der Waals surface area contributed by atoms with Gasteiger partial charge in [0.25, 0.3) is 5.22 Å². The highest BCUT2D eigenvalue weighted by Gasteiger charge is 2.29. The number of sulfonamides is 1. The third kappa shape index (κ3) is 5.10. The minimum atomic E-state index is -3.56. The lowest BCUT2D eigenvalue weighted by Crippen LogP contribution is -2.35. The highest BCUT2D eigenvalue weighted by Crippen LogP contribution is 2.38. The average Bonchev–Trinajstić information content (AvgIpc) is 3.26. The van der Waals surface area contributed by atoms with E-state index in [9.17, 15) is 13.2 Å². The van der Waals surface area contributed by atoms with Crippen LogP contribution in [-0.2, 0) is 14.8 Å². The zero-order valence-electron chi connectivity index (χ0n) is 18.9. The van der Waals surface area contributed by atoms with Gasteiger partial charge in [-0.1, -0.05) is 36.8 Å². The Morgan fingerprint density at radius 3 is 2.45 bits per heavy atom. The number of carbonyl (C=O) groups is 1. The minimum absolute atomic E-state index is 0.00757. The molecule has 9 heteroatoms. The number of aromatic nitrogens is 1. The van der Waals surface area contributed by atoms with Crippen molar-refractivity contribution in [3.05, 3.63) is 54.1 Å². The topological polar surface area (TPSA) is 83.7 Å². The molecule has 33 heavy (non-hydrogen) atoms. The highest BCUT2D eigenvalue weighted by atomic mass is 32.2. The molecule has 0 unspecified atom stereocenters. The normalized spacial score (nSPS) is 16.1. The molecule has 0 spiro atoms. The average molecular weight is 488 g/mol. The van der Waals surface area contributed by atoms with Crippen LogP contribution < -0.4 is 0 Å². The van der Waals surface area contributed by atoms with Crippen LogP contribution in [0.3, 0.4) is 0 Å². The Morgan fingerprint density at radius 2 is 1.79 bits per heavy atom. The summed E-state index contributed by atoms with van der Waals surface area (Å²) in [5.41, 5.74) is 1.84. The van der Waals surface area contributed by atoms with Crippen LogP contribution >= 0.6 is 11.8 Å². The van der Waals surface area contributed by atoms with Gasteiger partial charge >= 0.3 is 0 Å². The van der Waals surface area contributed by atoms with Gasteiger partial charge in [0.2, 0.25) is 15.9 Å². The van der Waals surface area contributed by atoms with Crippen LogP contribution in [0.15, 0.2) is 63.1 Å². The van der Waals surface area contributed by atoms with Crippen LogP contribution in [-0.4, -0.2) is 54.7 Å². The number of rotatable bonds is 8. The Balaban J connectivity index is 1.64. The molecule has 7 nitrogen and oxygen atoms in total. The summed E-state index contributed by atoms with van der Waals surface area (Å²) in [6, 6.07) is 14.3. The summed E-state index contributed by atoms with van der Waals surface area (Å²) in [5.74, 6) is -0.00757. The third-order valence-electron chi connectivity index (χ3n) is 5.91. The van der Waals surface area contributed by atoms with Crippen LogP contribution in [0.5, 0.6) is 0 Å². The van der Waals surface area contributed by atoms with Gasteiger partial charge in [0.05, 0.1) is 4.90 Å². The predicted molar refractivity (Wildman–Crippen MR) is 130 cm³/mol. The first kappa shape index (κ1) is 23.8. The van der Waals surface area contributed by atoms with Gasteiger partial charge in [0, 0.05) is 26.2 Å². The zero-order valence-corrected chi connectivity index (χ0v) is 20.6. The van der Waals surface area contributed by atoms with Gasteiger partial charge in [0.1, 0.15) is 10.8 Å². The molecule has 3 aromatic rings. The number of hydrogen-bond donors (Lipinski definition) is 0. The second-order valence-corrected chi connectivity index (χ2v) is 11.0. The number of likely N-dealkylation sites (N-methyl/N-ethyl adjacent to an activating group) is 1. The predicted octanol–water partition coefficient (Wildman–Crippen LogP) is 4.70. The maximum atomic E-state index is 13.2. The summed E-state index contributed by atoms with van der Waals surface area (Å²) < 4.78 is 33.5. The number of thioether (sulfide) groups is 1. The summed E-state index contributed by atoms with van der Waals surface area (Å²) in [6.45, 7) is 6.24. The van der Waals surface area contributed by atoms with E-state index in [2.05, 4.69) is 4.98 Å². The molecule has 0 N–H and O–H groups in total. The lowest BCUT2D eigenvalue weighted by atomic mass is 10.1. The van der Waals surface area contributed by atoms with E-state index in [0.29, 0.717) is 42.5 Å². The van der Waals surface area contributed by atoms with Crippen molar-refractivity contribution in [3.8, 4) is 0 Å². The number of nitrogens with zero attached hydrogens (tertiary/aromatic N) is 3. The van der Waals surface area contributed by atoms with Crippen molar-refractivity contribution in [2.24, 2.45) is 0 Å². The number of carbonyl (C=O) groups excluding carboxylic acids is 1. The summed E-state index contributed by atoms with van der Waals surface area (Å²) in [5, 5.41) is -0.164. The van der Waals surface area contributed by atoms with Crippen molar-refractivity contribution >= 4 is 38.8 Å².